The van der Waals surface area contributed by atoms with Crippen molar-refractivity contribution >= 4 is 44.0 Å². The average molecular weight is 534 g/mol. The van der Waals surface area contributed by atoms with Crippen molar-refractivity contribution in [2.24, 2.45) is 5.10 Å². The van der Waals surface area contributed by atoms with Gasteiger partial charge in [-0.25, -0.2) is 5.43 Å². The number of hydrogen-bond acceptors (Lipinski definition) is 5. The van der Waals surface area contributed by atoms with Gasteiger partial charge in [-0.3, -0.25) is 4.79 Å². The topological polar surface area (TPSA) is 91.2 Å². The Kier molecular flexibility index (Phi) is 6.91. The summed E-state index contributed by atoms with van der Waals surface area (Å²) in [6.45, 7) is 0. The average Bonchev–Trinajstić information content (AvgIpc) is 2.79. The largest absolute Gasteiger partial charge is 0.503 e. The van der Waals surface area contributed by atoms with Gasteiger partial charge in [0.05, 0.1) is 17.8 Å². The Bertz CT molecular complexity index is 1030. The molecule has 0 saturated heterocycles. The second kappa shape index (κ2) is 9.42. The van der Waals surface area contributed by atoms with E-state index >= 15 is 0 Å². The van der Waals surface area contributed by atoms with Crippen molar-refractivity contribution in [3.8, 4) is 11.5 Å². The molecule has 3 aromatic rings. The summed E-state index contributed by atoms with van der Waals surface area (Å²) < 4.78 is 6.05. The molecule has 1 amide bonds. The molecule has 0 atom stereocenters. The molecule has 0 aliphatic carbocycles. The number of carbonyl (C=O) groups is 1. The molecule has 154 valence electrons. The third kappa shape index (κ3) is 4.26. The Morgan fingerprint density at radius 2 is 1.57 bits per heavy atom. The molecule has 0 aliphatic rings. The summed E-state index contributed by atoms with van der Waals surface area (Å²) in [6.07, 6.45) is 1.38. The van der Waals surface area contributed by atoms with E-state index in [-0.39, 0.29) is 11.5 Å². The van der Waals surface area contributed by atoms with Crippen LogP contribution in [0.5, 0.6) is 11.5 Å². The highest BCUT2D eigenvalue weighted by atomic mass is 79.9. The van der Waals surface area contributed by atoms with Gasteiger partial charge in [0.1, 0.15) is 0 Å². The van der Waals surface area contributed by atoms with Crippen LogP contribution in [0.25, 0.3) is 0 Å². The first-order valence-electron chi connectivity index (χ1n) is 8.81. The molecule has 8 heteroatoms. The van der Waals surface area contributed by atoms with E-state index < -0.39 is 11.5 Å². The lowest BCUT2D eigenvalue weighted by atomic mass is 9.85. The number of aromatic hydroxyl groups is 1. The third-order valence-corrected chi connectivity index (χ3v) is 6.63. The molecule has 6 nitrogen and oxygen atoms in total. The number of phenolic OH excluding ortho intramolecular Hbond substituents is 1. The van der Waals surface area contributed by atoms with Crippen LogP contribution in [-0.4, -0.2) is 29.4 Å². The quantitative estimate of drug-likeness (QED) is 0.325. The molecule has 0 unspecified atom stereocenters. The van der Waals surface area contributed by atoms with E-state index in [9.17, 15) is 15.0 Å². The lowest BCUT2D eigenvalue weighted by molar-refractivity contribution is -0.136. The normalized spacial score (nSPS) is 11.5. The zero-order chi connectivity index (χ0) is 21.7. The van der Waals surface area contributed by atoms with Crippen molar-refractivity contribution in [2.75, 3.05) is 7.11 Å². The highest BCUT2D eigenvalue weighted by molar-refractivity contribution is 9.13. The number of halogens is 2. The number of amides is 1. The summed E-state index contributed by atoms with van der Waals surface area (Å²) in [5.41, 5.74) is 1.86. The number of nitrogens with zero attached hydrogens (tertiary/aromatic N) is 1. The van der Waals surface area contributed by atoms with E-state index in [1.54, 1.807) is 66.7 Å². The zero-order valence-corrected chi connectivity index (χ0v) is 19.0. The molecule has 0 aromatic heterocycles. The van der Waals surface area contributed by atoms with Crippen molar-refractivity contribution in [3.63, 3.8) is 0 Å². The van der Waals surface area contributed by atoms with E-state index in [0.717, 1.165) is 0 Å². The number of methoxy groups -OCH3 is 1. The predicted octanol–water partition coefficient (Wildman–Crippen LogP) is 4.31. The van der Waals surface area contributed by atoms with Gasteiger partial charge >= 0.3 is 0 Å². The number of hydrogen-bond donors (Lipinski definition) is 3. The van der Waals surface area contributed by atoms with E-state index in [2.05, 4.69) is 42.4 Å². The van der Waals surface area contributed by atoms with Crippen LogP contribution in [0.3, 0.4) is 0 Å². The third-order valence-electron chi connectivity index (χ3n) is 4.48. The monoisotopic (exact) mass is 532 g/mol. The summed E-state index contributed by atoms with van der Waals surface area (Å²) in [5, 5.41) is 25.4. The molecule has 0 aliphatic heterocycles. The Morgan fingerprint density at radius 3 is 2.07 bits per heavy atom. The van der Waals surface area contributed by atoms with Crippen LogP contribution in [0.15, 0.2) is 80.8 Å². The van der Waals surface area contributed by atoms with E-state index in [1.165, 1.54) is 13.3 Å². The van der Waals surface area contributed by atoms with Gasteiger partial charge in [-0.1, -0.05) is 60.7 Å². The molecule has 0 radical (unpaired) electrons. The molecule has 30 heavy (non-hydrogen) atoms. The molecule has 0 bridgehead atoms. The minimum Gasteiger partial charge on any atom is -0.503 e. The zero-order valence-electron chi connectivity index (χ0n) is 15.8. The van der Waals surface area contributed by atoms with Gasteiger partial charge in [0, 0.05) is 10.0 Å². The molecule has 0 saturated carbocycles. The van der Waals surface area contributed by atoms with Crippen LogP contribution in [0.2, 0.25) is 0 Å². The maximum atomic E-state index is 13.0. The number of benzene rings is 3. The molecule has 0 fully saturated rings. The number of aliphatic hydroxyl groups is 1. The maximum absolute atomic E-state index is 13.0. The van der Waals surface area contributed by atoms with Crippen molar-refractivity contribution in [1.29, 1.82) is 0 Å². The van der Waals surface area contributed by atoms with Gasteiger partial charge in [0.2, 0.25) is 0 Å². The molecule has 0 spiro atoms. The Morgan fingerprint density at radius 1 is 1.03 bits per heavy atom. The molecule has 3 rings (SSSR count). The highest BCUT2D eigenvalue weighted by Crippen LogP contribution is 2.41. The fraction of sp³-hybridized carbons (Fsp3) is 0.0909. The molecule has 3 N–H and O–H groups in total. The van der Waals surface area contributed by atoms with Crippen LogP contribution in [0.4, 0.5) is 0 Å². The van der Waals surface area contributed by atoms with Crippen LogP contribution >= 0.6 is 31.9 Å². The SMILES string of the molecule is COc1cc(C=NNC(=O)C(O)(c2ccccc2)c2ccccc2)c(Br)c(Br)c1O. The van der Waals surface area contributed by atoms with Crippen LogP contribution in [-0.2, 0) is 10.4 Å². The predicted molar refractivity (Wildman–Crippen MR) is 122 cm³/mol. The standard InChI is InChI=1S/C22H18Br2N2O4/c1-30-17-12-14(18(23)19(24)20(17)27)13-25-26-21(28)22(29,15-8-4-2-5-9-15)16-10-6-3-7-11-16/h2-13,27,29H,1H3,(H,26,28). The molecule has 3 aromatic carbocycles. The van der Waals surface area contributed by atoms with Gasteiger partial charge in [-0.2, -0.15) is 5.10 Å². The van der Waals surface area contributed by atoms with E-state index in [4.69, 9.17) is 4.74 Å². The molecule has 0 heterocycles. The Labute approximate surface area is 190 Å². The second-order valence-electron chi connectivity index (χ2n) is 6.29. The summed E-state index contributed by atoms with van der Waals surface area (Å²) in [4.78, 5) is 13.0. The number of nitrogens with one attached hydrogen (secondary N) is 1. The van der Waals surface area contributed by atoms with Crippen molar-refractivity contribution in [3.05, 3.63) is 92.4 Å². The van der Waals surface area contributed by atoms with Gasteiger partial charge < -0.3 is 14.9 Å². The number of ether oxygens (including phenoxy) is 1. The van der Waals surface area contributed by atoms with Gasteiger partial charge in [0.15, 0.2) is 17.1 Å². The number of hydrazone groups is 1. The van der Waals surface area contributed by atoms with Gasteiger partial charge in [-0.05, 0) is 49.1 Å². The number of phenols is 1. The summed E-state index contributed by atoms with van der Waals surface area (Å²) in [6, 6.07) is 18.9. The first-order valence-corrected chi connectivity index (χ1v) is 10.4. The molecular formula is C22H18Br2N2O4. The summed E-state index contributed by atoms with van der Waals surface area (Å²) >= 11 is 6.63. The van der Waals surface area contributed by atoms with Crippen LogP contribution in [0.1, 0.15) is 16.7 Å². The molecular weight excluding hydrogens is 516 g/mol. The fourth-order valence-electron chi connectivity index (χ4n) is 2.89. The first-order chi connectivity index (χ1) is 14.4. The highest BCUT2D eigenvalue weighted by Gasteiger charge is 2.39. The fourth-order valence-corrected chi connectivity index (χ4v) is 3.72. The summed E-state index contributed by atoms with van der Waals surface area (Å²) in [7, 11) is 1.43. The minimum absolute atomic E-state index is 0.0620. The van der Waals surface area contributed by atoms with E-state index in [1.807, 2.05) is 0 Å². The van der Waals surface area contributed by atoms with Gasteiger partial charge in [0.25, 0.3) is 5.91 Å². The lowest BCUT2D eigenvalue weighted by Crippen LogP contribution is -2.43. The van der Waals surface area contributed by atoms with Crippen LogP contribution in [0, 0.1) is 0 Å². The first kappa shape index (κ1) is 22.0. The van der Waals surface area contributed by atoms with E-state index in [0.29, 0.717) is 25.6 Å². The second-order valence-corrected chi connectivity index (χ2v) is 7.87. The Balaban J connectivity index is 1.92. The minimum atomic E-state index is -1.93. The van der Waals surface area contributed by atoms with Crippen LogP contribution < -0.4 is 10.2 Å². The summed E-state index contributed by atoms with van der Waals surface area (Å²) in [5.74, 6) is -0.534. The smallest absolute Gasteiger partial charge is 0.281 e. The van der Waals surface area contributed by atoms with Gasteiger partial charge in [-0.15, -0.1) is 0 Å². The van der Waals surface area contributed by atoms with Crippen molar-refractivity contribution in [2.45, 2.75) is 5.60 Å². The number of rotatable bonds is 6. The lowest BCUT2D eigenvalue weighted by Gasteiger charge is -2.27. The maximum Gasteiger partial charge on any atom is 0.281 e. The van der Waals surface area contributed by atoms with Crippen molar-refractivity contribution < 1.29 is 19.7 Å². The number of carbonyl (C=O) groups excluding carboxylic acids is 1. The Hall–Kier alpha value is -2.68. The van der Waals surface area contributed by atoms with Crippen molar-refractivity contribution in [1.82, 2.24) is 5.43 Å².